The number of benzene rings is 1. The van der Waals surface area contributed by atoms with E-state index < -0.39 is 5.82 Å². The molecule has 3 atom stereocenters. The quantitative estimate of drug-likeness (QED) is 0.867. The lowest BCUT2D eigenvalue weighted by atomic mass is 9.85. The van der Waals surface area contributed by atoms with Gasteiger partial charge < -0.3 is 20.5 Å². The van der Waals surface area contributed by atoms with Gasteiger partial charge in [-0.1, -0.05) is 6.42 Å². The fourth-order valence-corrected chi connectivity index (χ4v) is 3.38. The van der Waals surface area contributed by atoms with E-state index in [0.29, 0.717) is 24.5 Å². The first-order chi connectivity index (χ1) is 11.6. The van der Waals surface area contributed by atoms with Crippen molar-refractivity contribution in [3.05, 3.63) is 24.0 Å². The van der Waals surface area contributed by atoms with Crippen molar-refractivity contribution in [2.45, 2.75) is 50.7 Å². The van der Waals surface area contributed by atoms with Crippen LogP contribution < -0.4 is 15.8 Å². The first-order valence-corrected chi connectivity index (χ1v) is 8.72. The number of amides is 1. The first-order valence-electron chi connectivity index (χ1n) is 8.72. The first kappa shape index (κ1) is 17.2. The Morgan fingerprint density at radius 2 is 2.21 bits per heavy atom. The van der Waals surface area contributed by atoms with Crippen molar-refractivity contribution in [2.75, 3.05) is 18.5 Å². The highest BCUT2D eigenvalue weighted by atomic mass is 19.1. The van der Waals surface area contributed by atoms with Gasteiger partial charge in [0.25, 0.3) is 0 Å². The number of hydrogen-bond donors (Lipinski definition) is 2. The third-order valence-electron chi connectivity index (χ3n) is 4.73. The smallest absolute Gasteiger partial charge is 0.227 e. The van der Waals surface area contributed by atoms with Crippen LogP contribution in [0.5, 0.6) is 5.75 Å². The number of carbonyl (C=O) groups is 1. The lowest BCUT2D eigenvalue weighted by Crippen LogP contribution is -2.34. The zero-order valence-electron chi connectivity index (χ0n) is 13.8. The van der Waals surface area contributed by atoms with Crippen molar-refractivity contribution in [3.8, 4) is 5.75 Å². The van der Waals surface area contributed by atoms with Gasteiger partial charge in [0.2, 0.25) is 5.91 Å². The molecule has 1 saturated heterocycles. The maximum Gasteiger partial charge on any atom is 0.227 e. The molecule has 3 rings (SSSR count). The molecule has 3 N–H and O–H groups in total. The van der Waals surface area contributed by atoms with Crippen molar-refractivity contribution in [1.29, 1.82) is 0 Å². The van der Waals surface area contributed by atoms with Gasteiger partial charge in [-0.3, -0.25) is 4.79 Å². The third-order valence-corrected chi connectivity index (χ3v) is 4.73. The topological polar surface area (TPSA) is 73.6 Å². The Morgan fingerprint density at radius 3 is 2.96 bits per heavy atom. The zero-order valence-corrected chi connectivity index (χ0v) is 13.8. The molecule has 1 amide bonds. The Balaban J connectivity index is 1.64. The van der Waals surface area contributed by atoms with Crippen LogP contribution in [0.25, 0.3) is 0 Å². The van der Waals surface area contributed by atoms with E-state index in [0.717, 1.165) is 38.7 Å². The van der Waals surface area contributed by atoms with Crippen LogP contribution in [0.15, 0.2) is 18.2 Å². The molecule has 1 aliphatic heterocycles. The predicted molar refractivity (Wildman–Crippen MR) is 89.4 cm³/mol. The van der Waals surface area contributed by atoms with Crippen LogP contribution in [-0.4, -0.2) is 31.3 Å². The van der Waals surface area contributed by atoms with Crippen molar-refractivity contribution < 1.29 is 18.7 Å². The molecule has 0 radical (unpaired) electrons. The molecule has 0 spiro atoms. The average Bonchev–Trinajstić information content (AvgIpc) is 3.07. The lowest BCUT2D eigenvalue weighted by molar-refractivity contribution is -0.120. The number of carbonyl (C=O) groups excluding carboxylic acids is 1. The molecule has 5 nitrogen and oxygen atoms in total. The summed E-state index contributed by atoms with van der Waals surface area (Å²) < 4.78 is 24.9. The van der Waals surface area contributed by atoms with Gasteiger partial charge in [0, 0.05) is 24.6 Å². The van der Waals surface area contributed by atoms with Gasteiger partial charge in [0.1, 0.15) is 18.2 Å². The minimum absolute atomic E-state index is 0.0648. The summed E-state index contributed by atoms with van der Waals surface area (Å²) in [4.78, 5) is 12.5. The Bertz CT molecular complexity index is 575. The zero-order chi connectivity index (χ0) is 16.9. The summed E-state index contributed by atoms with van der Waals surface area (Å²) >= 11 is 0. The van der Waals surface area contributed by atoms with Gasteiger partial charge in [0.05, 0.1) is 11.8 Å². The van der Waals surface area contributed by atoms with Crippen LogP contribution in [0.3, 0.4) is 0 Å². The Kier molecular flexibility index (Phi) is 5.68. The number of ether oxygens (including phenoxy) is 2. The van der Waals surface area contributed by atoms with Gasteiger partial charge in [-0.05, 0) is 44.2 Å². The monoisotopic (exact) mass is 336 g/mol. The Morgan fingerprint density at radius 1 is 1.33 bits per heavy atom. The van der Waals surface area contributed by atoms with Gasteiger partial charge in [-0.15, -0.1) is 0 Å². The second-order valence-electron chi connectivity index (χ2n) is 6.70. The number of nitrogens with two attached hydrogens (primary N) is 1. The van der Waals surface area contributed by atoms with E-state index in [4.69, 9.17) is 15.2 Å². The third kappa shape index (κ3) is 4.45. The summed E-state index contributed by atoms with van der Waals surface area (Å²) in [7, 11) is 0. The normalized spacial score (nSPS) is 27.0. The fourth-order valence-electron chi connectivity index (χ4n) is 3.38. The van der Waals surface area contributed by atoms with E-state index in [1.165, 1.54) is 12.1 Å². The molecule has 2 aliphatic rings. The number of hydrogen-bond acceptors (Lipinski definition) is 4. The molecule has 1 aliphatic carbocycles. The second kappa shape index (κ2) is 7.94. The largest absolute Gasteiger partial charge is 0.489 e. The van der Waals surface area contributed by atoms with Gasteiger partial charge >= 0.3 is 0 Å². The maximum absolute atomic E-state index is 13.6. The van der Waals surface area contributed by atoms with Crippen molar-refractivity contribution in [1.82, 2.24) is 0 Å². The Labute approximate surface area is 141 Å². The molecule has 0 aromatic heterocycles. The summed E-state index contributed by atoms with van der Waals surface area (Å²) in [6, 6.07) is 4.24. The number of rotatable bonds is 5. The molecule has 132 valence electrons. The second-order valence-corrected chi connectivity index (χ2v) is 6.70. The molecule has 1 aromatic carbocycles. The highest BCUT2D eigenvalue weighted by Gasteiger charge is 2.26. The van der Waals surface area contributed by atoms with Crippen molar-refractivity contribution in [2.24, 2.45) is 11.7 Å². The van der Waals surface area contributed by atoms with E-state index in [2.05, 4.69) is 5.32 Å². The highest BCUT2D eigenvalue weighted by Crippen LogP contribution is 2.29. The molecular weight excluding hydrogens is 311 g/mol. The summed E-state index contributed by atoms with van der Waals surface area (Å²) in [6.45, 7) is 1.16. The SMILES string of the molecule is NC1CCCC(C(=O)Nc2cc(F)ccc2OCC2CCCO2)C1. The lowest BCUT2D eigenvalue weighted by Gasteiger charge is -2.26. The molecule has 6 heteroatoms. The van der Waals surface area contributed by atoms with Gasteiger partial charge in [-0.25, -0.2) is 4.39 Å². The summed E-state index contributed by atoms with van der Waals surface area (Å²) in [5.74, 6) is -0.170. The fraction of sp³-hybridized carbons (Fsp3) is 0.611. The molecular formula is C18H25FN2O3. The van der Waals surface area contributed by atoms with Crippen LogP contribution >= 0.6 is 0 Å². The molecule has 24 heavy (non-hydrogen) atoms. The van der Waals surface area contributed by atoms with Crippen LogP contribution in [0, 0.1) is 11.7 Å². The molecule has 1 saturated carbocycles. The molecule has 0 bridgehead atoms. The number of halogens is 1. The van der Waals surface area contributed by atoms with Crippen LogP contribution in [0.1, 0.15) is 38.5 Å². The summed E-state index contributed by atoms with van der Waals surface area (Å²) in [5, 5.41) is 2.82. The van der Waals surface area contributed by atoms with Gasteiger partial charge in [0.15, 0.2) is 0 Å². The molecule has 2 fully saturated rings. The van der Waals surface area contributed by atoms with E-state index in [-0.39, 0.29) is 24.0 Å². The van der Waals surface area contributed by atoms with Crippen LogP contribution in [-0.2, 0) is 9.53 Å². The standard InChI is InChI=1S/C18H25FN2O3/c19-13-6-7-17(24-11-15-5-2-8-23-15)16(10-13)21-18(22)12-3-1-4-14(20)9-12/h6-7,10,12,14-15H,1-5,8-9,11,20H2,(H,21,22). The van der Waals surface area contributed by atoms with Crippen molar-refractivity contribution in [3.63, 3.8) is 0 Å². The summed E-state index contributed by atoms with van der Waals surface area (Å²) in [5.41, 5.74) is 6.32. The number of nitrogens with one attached hydrogen (secondary N) is 1. The maximum atomic E-state index is 13.6. The Hall–Kier alpha value is -1.66. The average molecular weight is 336 g/mol. The van der Waals surface area contributed by atoms with E-state index in [1.54, 1.807) is 6.07 Å². The minimum atomic E-state index is -0.407. The molecule has 1 heterocycles. The van der Waals surface area contributed by atoms with Crippen LogP contribution in [0.4, 0.5) is 10.1 Å². The predicted octanol–water partition coefficient (Wildman–Crippen LogP) is 2.84. The van der Waals surface area contributed by atoms with Crippen LogP contribution in [0.2, 0.25) is 0 Å². The molecule has 3 unspecified atom stereocenters. The minimum Gasteiger partial charge on any atom is -0.489 e. The molecule has 1 aromatic rings. The van der Waals surface area contributed by atoms with Gasteiger partial charge in [-0.2, -0.15) is 0 Å². The highest BCUT2D eigenvalue weighted by molar-refractivity contribution is 5.94. The van der Waals surface area contributed by atoms with E-state index in [1.807, 2.05) is 0 Å². The summed E-state index contributed by atoms with van der Waals surface area (Å²) in [6.07, 6.45) is 5.46. The number of anilines is 1. The van der Waals surface area contributed by atoms with E-state index >= 15 is 0 Å². The van der Waals surface area contributed by atoms with E-state index in [9.17, 15) is 9.18 Å². The van der Waals surface area contributed by atoms with Crippen molar-refractivity contribution >= 4 is 11.6 Å².